The quantitative estimate of drug-likeness (QED) is 0.819. The first-order valence-electron chi connectivity index (χ1n) is 11.5. The minimum absolute atomic E-state index is 0.941. The summed E-state index contributed by atoms with van der Waals surface area (Å²) in [6, 6.07) is 0.941. The molecule has 4 aliphatic rings. The van der Waals surface area contributed by atoms with Crippen molar-refractivity contribution in [3.8, 4) is 0 Å². The number of nitrogens with two attached hydrogens (primary N) is 1. The van der Waals surface area contributed by atoms with Crippen LogP contribution in [0.1, 0.15) is 89.9 Å². The van der Waals surface area contributed by atoms with E-state index in [0.29, 0.717) is 0 Å². The Hall–Kier alpha value is -0.0800. The molecule has 0 radical (unpaired) electrons. The van der Waals surface area contributed by atoms with Gasteiger partial charge in [0.05, 0.1) is 13.1 Å². The molecule has 0 unspecified atom stereocenters. The molecule has 0 bridgehead atoms. The van der Waals surface area contributed by atoms with Crippen molar-refractivity contribution in [2.24, 2.45) is 23.7 Å². The lowest BCUT2D eigenvalue weighted by molar-refractivity contribution is -0.643. The molecule has 2 heteroatoms. The monoisotopic (exact) mass is 333 g/mol. The van der Waals surface area contributed by atoms with E-state index in [1.807, 2.05) is 0 Å². The minimum Gasteiger partial charge on any atom is -0.333 e. The third-order valence-electron chi connectivity index (χ3n) is 8.15. The molecule has 3 saturated carbocycles. The van der Waals surface area contributed by atoms with Crippen molar-refractivity contribution < 1.29 is 5.32 Å². The molecule has 1 aliphatic heterocycles. The largest absolute Gasteiger partial charge is 0.333 e. The Morgan fingerprint density at radius 1 is 0.625 bits per heavy atom. The molecule has 1 saturated heterocycles. The average Bonchev–Trinajstić information content (AvgIpc) is 3.18. The first-order chi connectivity index (χ1) is 11.9. The van der Waals surface area contributed by atoms with Gasteiger partial charge in [-0.05, 0) is 62.2 Å². The molecular weight excluding hydrogens is 292 g/mol. The smallest absolute Gasteiger partial charge is 0.132 e. The van der Waals surface area contributed by atoms with E-state index in [4.69, 9.17) is 0 Å². The maximum atomic E-state index is 2.90. The zero-order valence-electron chi connectivity index (χ0n) is 15.9. The Morgan fingerprint density at radius 2 is 1.21 bits per heavy atom. The highest BCUT2D eigenvalue weighted by molar-refractivity contribution is 4.91. The van der Waals surface area contributed by atoms with Crippen LogP contribution in [0.15, 0.2) is 0 Å². The Morgan fingerprint density at radius 3 is 1.83 bits per heavy atom. The van der Waals surface area contributed by atoms with Crippen LogP contribution in [0.25, 0.3) is 0 Å². The van der Waals surface area contributed by atoms with Gasteiger partial charge >= 0.3 is 0 Å². The van der Waals surface area contributed by atoms with E-state index in [2.05, 4.69) is 10.2 Å². The molecular formula is C22H41N2+. The van der Waals surface area contributed by atoms with Crippen LogP contribution in [0.3, 0.4) is 0 Å². The summed E-state index contributed by atoms with van der Waals surface area (Å²) in [5.74, 6) is 4.26. The summed E-state index contributed by atoms with van der Waals surface area (Å²) >= 11 is 0. The molecule has 0 amide bonds. The standard InChI is InChI=1S/C22H40N2/c1-3-7-18(8-4-1)19-11-13-21(14-12-19)22(24-16-15-23-17-24)20-9-5-2-6-10-20/h18-23H,1-17H2/p+1/t19?,21?,22-/m1/s1. The van der Waals surface area contributed by atoms with Crippen molar-refractivity contribution >= 4 is 0 Å². The second-order valence-corrected chi connectivity index (χ2v) is 9.53. The van der Waals surface area contributed by atoms with Crippen molar-refractivity contribution in [3.63, 3.8) is 0 Å². The minimum atomic E-state index is 0.941. The van der Waals surface area contributed by atoms with Gasteiger partial charge in [0.1, 0.15) is 6.67 Å². The lowest BCUT2D eigenvalue weighted by Gasteiger charge is -2.44. The average molecular weight is 334 g/mol. The van der Waals surface area contributed by atoms with Crippen molar-refractivity contribution in [1.82, 2.24) is 4.90 Å². The van der Waals surface area contributed by atoms with E-state index in [1.54, 1.807) is 38.5 Å². The fourth-order valence-corrected chi connectivity index (χ4v) is 6.90. The molecule has 0 aromatic heterocycles. The highest BCUT2D eigenvalue weighted by Gasteiger charge is 2.39. The lowest BCUT2D eigenvalue weighted by atomic mass is 9.67. The highest BCUT2D eigenvalue weighted by atomic mass is 15.3. The molecule has 1 heterocycles. The Balaban J connectivity index is 1.36. The predicted octanol–water partition coefficient (Wildman–Crippen LogP) is 4.16. The summed E-state index contributed by atoms with van der Waals surface area (Å²) in [4.78, 5) is 2.90. The number of nitrogens with zero attached hydrogens (tertiary/aromatic N) is 1. The first-order valence-corrected chi connectivity index (χ1v) is 11.5. The van der Waals surface area contributed by atoms with E-state index in [-0.39, 0.29) is 0 Å². The van der Waals surface area contributed by atoms with Crippen LogP contribution in [0.2, 0.25) is 0 Å². The molecule has 3 aliphatic carbocycles. The zero-order chi connectivity index (χ0) is 16.2. The number of hydrogen-bond donors (Lipinski definition) is 1. The summed E-state index contributed by atoms with van der Waals surface area (Å²) in [5.41, 5.74) is 0. The van der Waals surface area contributed by atoms with Crippen LogP contribution in [0, 0.1) is 23.7 Å². The van der Waals surface area contributed by atoms with E-state index < -0.39 is 0 Å². The SMILES string of the molecule is C1CCC(C2CCC([C@@H](C3CCCCC3)N3CC[NH2+]C3)CC2)CC1. The van der Waals surface area contributed by atoms with Gasteiger partial charge in [0.15, 0.2) is 0 Å². The van der Waals surface area contributed by atoms with E-state index in [1.165, 1.54) is 71.1 Å². The van der Waals surface area contributed by atoms with Gasteiger partial charge in [0.25, 0.3) is 0 Å². The number of hydrogen-bond acceptors (Lipinski definition) is 1. The maximum Gasteiger partial charge on any atom is 0.132 e. The second-order valence-electron chi connectivity index (χ2n) is 9.53. The third kappa shape index (κ3) is 4.01. The van der Waals surface area contributed by atoms with Gasteiger partial charge in [-0.3, -0.25) is 0 Å². The molecule has 2 nitrogen and oxygen atoms in total. The predicted molar refractivity (Wildman–Crippen MR) is 101 cm³/mol. The number of rotatable bonds is 4. The van der Waals surface area contributed by atoms with Crippen LogP contribution in [-0.2, 0) is 0 Å². The zero-order valence-corrected chi connectivity index (χ0v) is 15.9. The van der Waals surface area contributed by atoms with Crippen LogP contribution in [0.5, 0.6) is 0 Å². The van der Waals surface area contributed by atoms with Crippen molar-refractivity contribution in [1.29, 1.82) is 0 Å². The number of quaternary nitrogens is 1. The molecule has 0 aromatic rings. The Bertz CT molecular complexity index is 356. The normalized spacial score (nSPS) is 36.0. The van der Waals surface area contributed by atoms with Gasteiger partial charge in [0.2, 0.25) is 0 Å². The summed E-state index contributed by atoms with van der Waals surface area (Å²) in [6.07, 6.45) is 21.5. The Kier molecular flexibility index (Phi) is 6.17. The van der Waals surface area contributed by atoms with E-state index in [9.17, 15) is 0 Å². The Labute approximate surface area is 150 Å². The molecule has 1 atom stereocenters. The summed E-state index contributed by atoms with van der Waals surface area (Å²) in [5, 5.41) is 2.55. The fraction of sp³-hybridized carbons (Fsp3) is 1.00. The summed E-state index contributed by atoms with van der Waals surface area (Å²) in [7, 11) is 0. The van der Waals surface area contributed by atoms with Crippen molar-refractivity contribution in [2.75, 3.05) is 19.8 Å². The molecule has 2 N–H and O–H groups in total. The summed E-state index contributed by atoms with van der Waals surface area (Å²) in [6.45, 7) is 4.01. The van der Waals surface area contributed by atoms with Gasteiger partial charge < -0.3 is 5.32 Å². The molecule has 0 spiro atoms. The van der Waals surface area contributed by atoms with Crippen LogP contribution in [0.4, 0.5) is 0 Å². The van der Waals surface area contributed by atoms with Gasteiger partial charge in [-0.1, -0.05) is 51.4 Å². The fourth-order valence-electron chi connectivity index (χ4n) is 6.90. The van der Waals surface area contributed by atoms with Crippen molar-refractivity contribution in [2.45, 2.75) is 95.9 Å². The summed E-state index contributed by atoms with van der Waals surface area (Å²) < 4.78 is 0. The van der Waals surface area contributed by atoms with Crippen LogP contribution < -0.4 is 5.32 Å². The van der Waals surface area contributed by atoms with Gasteiger partial charge in [-0.15, -0.1) is 0 Å². The molecule has 0 aromatic carbocycles. The van der Waals surface area contributed by atoms with E-state index >= 15 is 0 Å². The second kappa shape index (κ2) is 8.54. The lowest BCUT2D eigenvalue weighted by Crippen LogP contribution is -2.82. The van der Waals surface area contributed by atoms with Crippen LogP contribution in [-0.4, -0.2) is 30.7 Å². The van der Waals surface area contributed by atoms with Crippen molar-refractivity contribution in [3.05, 3.63) is 0 Å². The highest BCUT2D eigenvalue weighted by Crippen LogP contribution is 2.44. The third-order valence-corrected chi connectivity index (χ3v) is 8.15. The molecule has 4 rings (SSSR count). The van der Waals surface area contributed by atoms with Gasteiger partial charge in [0, 0.05) is 6.04 Å². The molecule has 138 valence electrons. The van der Waals surface area contributed by atoms with Gasteiger partial charge in [-0.2, -0.15) is 0 Å². The van der Waals surface area contributed by atoms with Gasteiger partial charge in [-0.25, -0.2) is 4.90 Å². The topological polar surface area (TPSA) is 19.9 Å². The first kappa shape index (κ1) is 17.3. The molecule has 24 heavy (non-hydrogen) atoms. The van der Waals surface area contributed by atoms with Crippen LogP contribution >= 0.6 is 0 Å². The van der Waals surface area contributed by atoms with E-state index in [0.717, 1.165) is 29.7 Å². The molecule has 4 fully saturated rings. The maximum absolute atomic E-state index is 2.90.